The van der Waals surface area contributed by atoms with Crippen LogP contribution in [0.25, 0.3) is 11.3 Å². The molecule has 0 N–H and O–H groups in total. The number of pyridine rings is 1. The Labute approximate surface area is 187 Å². The zero-order valence-electron chi connectivity index (χ0n) is 17.2. The summed E-state index contributed by atoms with van der Waals surface area (Å²) in [5.41, 5.74) is -2.09. The minimum atomic E-state index is -4.86. The molecule has 4 nitrogen and oxygen atoms in total. The van der Waals surface area contributed by atoms with E-state index in [2.05, 4.69) is 0 Å². The largest absolute Gasteiger partial charge is 0.457 e. The van der Waals surface area contributed by atoms with Crippen molar-refractivity contribution in [2.45, 2.75) is 12.7 Å². The second-order valence-corrected chi connectivity index (χ2v) is 7.25. The summed E-state index contributed by atoms with van der Waals surface area (Å²) >= 11 is 0. The molecule has 0 aliphatic heterocycles. The van der Waals surface area contributed by atoms with Crippen molar-refractivity contribution >= 4 is 0 Å². The van der Waals surface area contributed by atoms with Crippen molar-refractivity contribution in [3.8, 4) is 28.8 Å². The lowest BCUT2D eigenvalue weighted by Gasteiger charge is -2.18. The van der Waals surface area contributed by atoms with E-state index in [0.29, 0.717) is 22.6 Å². The van der Waals surface area contributed by atoms with Gasteiger partial charge in [0.05, 0.1) is 17.8 Å². The van der Waals surface area contributed by atoms with E-state index in [1.807, 2.05) is 6.07 Å². The van der Waals surface area contributed by atoms with E-state index in [0.717, 1.165) is 6.07 Å². The summed E-state index contributed by atoms with van der Waals surface area (Å²) in [7, 11) is 0. The summed E-state index contributed by atoms with van der Waals surface area (Å²) in [5.74, 6) is 0.961. The zero-order chi connectivity index (χ0) is 23.4. The number of rotatable bonds is 5. The molecule has 0 aliphatic carbocycles. The molecule has 0 fully saturated rings. The third-order valence-corrected chi connectivity index (χ3v) is 5.01. The quantitative estimate of drug-likeness (QED) is 0.364. The summed E-state index contributed by atoms with van der Waals surface area (Å²) < 4.78 is 48.1. The molecule has 0 atom stereocenters. The third kappa shape index (κ3) is 4.80. The number of aromatic nitrogens is 1. The Bertz CT molecular complexity index is 1370. The highest BCUT2D eigenvalue weighted by molar-refractivity contribution is 5.64. The lowest BCUT2D eigenvalue weighted by atomic mass is 10.0. The van der Waals surface area contributed by atoms with Gasteiger partial charge in [0.25, 0.3) is 5.56 Å². The first-order valence-corrected chi connectivity index (χ1v) is 9.99. The van der Waals surface area contributed by atoms with Gasteiger partial charge in [-0.25, -0.2) is 0 Å². The van der Waals surface area contributed by atoms with Crippen LogP contribution in [0, 0.1) is 11.3 Å². The molecular weight excluding hydrogens is 429 g/mol. The van der Waals surface area contributed by atoms with Crippen molar-refractivity contribution in [2.75, 3.05) is 0 Å². The van der Waals surface area contributed by atoms with E-state index >= 15 is 0 Å². The molecular formula is C26H17F3N2O2. The number of benzene rings is 3. The van der Waals surface area contributed by atoms with Gasteiger partial charge in [-0.2, -0.15) is 18.4 Å². The predicted octanol–water partition coefficient (Wildman–Crippen LogP) is 6.25. The summed E-state index contributed by atoms with van der Waals surface area (Å²) in [4.78, 5) is 13.1. The van der Waals surface area contributed by atoms with E-state index in [1.54, 1.807) is 78.9 Å². The number of hydrogen-bond acceptors (Lipinski definition) is 3. The van der Waals surface area contributed by atoms with Crippen molar-refractivity contribution in [1.29, 1.82) is 5.26 Å². The van der Waals surface area contributed by atoms with Crippen LogP contribution in [0.2, 0.25) is 0 Å². The molecule has 0 spiro atoms. The van der Waals surface area contributed by atoms with Gasteiger partial charge in [-0.15, -0.1) is 0 Å². The topological polar surface area (TPSA) is 55.0 Å². The monoisotopic (exact) mass is 446 g/mol. The smallest absolute Gasteiger partial charge is 0.417 e. The SMILES string of the molecule is N#Cc1c(C(F)(F)F)cc(-c2cccc(Oc3ccccc3)c2)n(Cc2ccccc2)c1=O. The molecule has 0 saturated carbocycles. The van der Waals surface area contributed by atoms with Crippen LogP contribution in [0.3, 0.4) is 0 Å². The van der Waals surface area contributed by atoms with Crippen molar-refractivity contribution < 1.29 is 17.9 Å². The molecule has 0 bridgehead atoms. The molecule has 4 aromatic rings. The highest BCUT2D eigenvalue weighted by Crippen LogP contribution is 2.35. The average Bonchev–Trinajstić information content (AvgIpc) is 2.81. The molecule has 0 saturated heterocycles. The maximum Gasteiger partial charge on any atom is 0.417 e. The summed E-state index contributed by atoms with van der Waals surface area (Å²) in [6.07, 6.45) is -4.86. The second kappa shape index (κ2) is 9.05. The molecule has 7 heteroatoms. The van der Waals surface area contributed by atoms with Crippen LogP contribution in [0.1, 0.15) is 16.7 Å². The fourth-order valence-corrected chi connectivity index (χ4v) is 3.48. The first-order chi connectivity index (χ1) is 15.9. The number of halogens is 3. The first kappa shape index (κ1) is 21.9. The second-order valence-electron chi connectivity index (χ2n) is 7.25. The van der Waals surface area contributed by atoms with Crippen LogP contribution in [0.4, 0.5) is 13.2 Å². The molecule has 164 valence electrons. The number of alkyl halides is 3. The normalized spacial score (nSPS) is 11.1. The van der Waals surface area contributed by atoms with Crippen molar-refractivity contribution in [3.63, 3.8) is 0 Å². The zero-order valence-corrected chi connectivity index (χ0v) is 17.2. The predicted molar refractivity (Wildman–Crippen MR) is 118 cm³/mol. The summed E-state index contributed by atoms with van der Waals surface area (Å²) in [6.45, 7) is 0.00555. The van der Waals surface area contributed by atoms with Gasteiger partial charge in [0.1, 0.15) is 23.1 Å². The maximum absolute atomic E-state index is 13.7. The van der Waals surface area contributed by atoms with E-state index in [9.17, 15) is 23.2 Å². The molecule has 1 aromatic heterocycles. The number of hydrogen-bond donors (Lipinski definition) is 0. The first-order valence-electron chi connectivity index (χ1n) is 9.99. The van der Waals surface area contributed by atoms with Gasteiger partial charge in [0.2, 0.25) is 0 Å². The number of para-hydroxylation sites is 1. The molecule has 0 aliphatic rings. The van der Waals surface area contributed by atoms with Gasteiger partial charge < -0.3 is 9.30 Å². The van der Waals surface area contributed by atoms with Crippen molar-refractivity contribution in [2.24, 2.45) is 0 Å². The van der Waals surface area contributed by atoms with Gasteiger partial charge in [-0.1, -0.05) is 60.7 Å². The number of ether oxygens (including phenoxy) is 1. The standard InChI is InChI=1S/C26H17F3N2O2/c27-26(28,29)23-15-24(19-10-7-13-21(14-19)33-20-11-5-2-6-12-20)31(25(32)22(23)16-30)17-18-8-3-1-4-9-18/h1-15H,17H2. The molecule has 4 rings (SSSR count). The highest BCUT2D eigenvalue weighted by atomic mass is 19.4. The highest BCUT2D eigenvalue weighted by Gasteiger charge is 2.36. The molecule has 3 aromatic carbocycles. The number of nitriles is 1. The van der Waals surface area contributed by atoms with Gasteiger partial charge in [-0.05, 0) is 35.9 Å². The maximum atomic E-state index is 13.7. The Hall–Kier alpha value is -4.31. The van der Waals surface area contributed by atoms with E-state index < -0.39 is 22.9 Å². The van der Waals surface area contributed by atoms with Crippen molar-refractivity contribution in [3.05, 3.63) is 118 Å². The minimum Gasteiger partial charge on any atom is -0.457 e. The molecule has 0 unspecified atom stereocenters. The van der Waals surface area contributed by atoms with Crippen LogP contribution in [0.15, 0.2) is 95.8 Å². The molecule has 1 heterocycles. The molecule has 0 amide bonds. The minimum absolute atomic E-state index is 0.00555. The van der Waals surface area contributed by atoms with Crippen LogP contribution in [-0.4, -0.2) is 4.57 Å². The Kier molecular flexibility index (Phi) is 6.01. The van der Waals surface area contributed by atoms with E-state index in [1.165, 1.54) is 10.6 Å². The van der Waals surface area contributed by atoms with Gasteiger partial charge in [0.15, 0.2) is 0 Å². The third-order valence-electron chi connectivity index (χ3n) is 5.01. The van der Waals surface area contributed by atoms with Crippen LogP contribution in [0.5, 0.6) is 11.5 Å². The summed E-state index contributed by atoms with van der Waals surface area (Å²) in [5, 5.41) is 9.34. The van der Waals surface area contributed by atoms with Crippen molar-refractivity contribution in [1.82, 2.24) is 4.57 Å². The molecule has 0 radical (unpaired) electrons. The van der Waals surface area contributed by atoms with Gasteiger partial charge in [0, 0.05) is 5.56 Å². The average molecular weight is 446 g/mol. The molecule has 33 heavy (non-hydrogen) atoms. The fourth-order valence-electron chi connectivity index (χ4n) is 3.48. The summed E-state index contributed by atoms with van der Waals surface area (Å²) in [6, 6.07) is 26.5. The Balaban J connectivity index is 1.89. The van der Waals surface area contributed by atoms with Crippen LogP contribution in [-0.2, 0) is 12.7 Å². The van der Waals surface area contributed by atoms with Crippen LogP contribution < -0.4 is 10.3 Å². The van der Waals surface area contributed by atoms with E-state index in [4.69, 9.17) is 4.74 Å². The fraction of sp³-hybridized carbons (Fsp3) is 0.0769. The van der Waals surface area contributed by atoms with Gasteiger partial charge in [-0.3, -0.25) is 4.79 Å². The lowest BCUT2D eigenvalue weighted by Crippen LogP contribution is -2.28. The Morgan fingerprint density at radius 3 is 2.12 bits per heavy atom. The van der Waals surface area contributed by atoms with Gasteiger partial charge >= 0.3 is 6.18 Å². The van der Waals surface area contributed by atoms with E-state index in [-0.39, 0.29) is 12.2 Å². The Morgan fingerprint density at radius 1 is 0.848 bits per heavy atom. The lowest BCUT2D eigenvalue weighted by molar-refractivity contribution is -0.137. The number of nitrogens with zero attached hydrogens (tertiary/aromatic N) is 2. The van der Waals surface area contributed by atoms with Crippen LogP contribution >= 0.6 is 0 Å². The Morgan fingerprint density at radius 2 is 1.48 bits per heavy atom.